The van der Waals surface area contributed by atoms with Gasteiger partial charge in [-0.3, -0.25) is 4.90 Å². The van der Waals surface area contributed by atoms with E-state index in [1.807, 2.05) is 6.07 Å². The molecule has 23 heavy (non-hydrogen) atoms. The van der Waals surface area contributed by atoms with E-state index in [9.17, 15) is 15.3 Å². The Kier molecular flexibility index (Phi) is 2.57. The Morgan fingerprint density at radius 1 is 1.30 bits per heavy atom. The number of nitrogens with zero attached hydrogens (tertiary/aromatic N) is 1. The fourth-order valence-electron chi connectivity index (χ4n) is 5.55. The predicted octanol–water partition coefficient (Wildman–Crippen LogP) is 1.58. The van der Waals surface area contributed by atoms with Gasteiger partial charge in [0, 0.05) is 30.0 Å². The number of hydrogen-bond acceptors (Lipinski definition) is 5. The minimum atomic E-state index is -1.57. The van der Waals surface area contributed by atoms with Gasteiger partial charge >= 0.3 is 0 Å². The molecular formula is C18H23NO4. The Balaban J connectivity index is 1.81. The number of aliphatic hydroxyl groups is 2. The Labute approximate surface area is 135 Å². The van der Waals surface area contributed by atoms with Gasteiger partial charge in [-0.1, -0.05) is 0 Å². The first-order chi connectivity index (χ1) is 10.9. The number of aliphatic hydroxyl groups excluding tert-OH is 1. The van der Waals surface area contributed by atoms with Crippen molar-refractivity contribution in [3.05, 3.63) is 22.8 Å². The summed E-state index contributed by atoms with van der Waals surface area (Å²) in [6, 6.07) is 2.18. The van der Waals surface area contributed by atoms with E-state index < -0.39 is 11.9 Å². The molecule has 1 saturated carbocycles. The molecule has 1 fully saturated rings. The lowest BCUT2D eigenvalue weighted by atomic mass is 9.57. The van der Waals surface area contributed by atoms with Crippen LogP contribution in [0.15, 0.2) is 6.07 Å². The lowest BCUT2D eigenvalue weighted by molar-refractivity contribution is -0.247. The van der Waals surface area contributed by atoms with E-state index in [0.29, 0.717) is 24.6 Å². The Morgan fingerprint density at radius 2 is 2.09 bits per heavy atom. The lowest BCUT2D eigenvalue weighted by Crippen LogP contribution is -2.60. The van der Waals surface area contributed by atoms with Crippen LogP contribution in [-0.2, 0) is 11.8 Å². The molecule has 2 aliphatic carbocycles. The van der Waals surface area contributed by atoms with Crippen LogP contribution in [0.5, 0.6) is 11.5 Å². The normalized spacial score (nSPS) is 41.2. The molecule has 4 aliphatic rings. The monoisotopic (exact) mass is 317 g/mol. The van der Waals surface area contributed by atoms with Crippen LogP contribution < -0.4 is 4.74 Å². The zero-order valence-electron chi connectivity index (χ0n) is 13.4. The molecule has 2 aliphatic heterocycles. The third kappa shape index (κ3) is 1.63. The summed E-state index contributed by atoms with van der Waals surface area (Å²) in [7, 11) is 2.16. The molecule has 124 valence electrons. The highest BCUT2D eigenvalue weighted by Crippen LogP contribution is 2.62. The van der Waals surface area contributed by atoms with Gasteiger partial charge in [-0.05, 0) is 56.3 Å². The zero-order chi connectivity index (χ0) is 16.0. The number of benzene rings is 1. The largest absolute Gasteiger partial charge is 0.504 e. The summed E-state index contributed by atoms with van der Waals surface area (Å²) < 4.78 is 5.82. The fraction of sp³-hybridized carbons (Fsp3) is 0.667. The van der Waals surface area contributed by atoms with Gasteiger partial charge in [0.2, 0.25) is 5.79 Å². The number of phenolic OH excluding ortho intramolecular Hbond substituents is 1. The minimum Gasteiger partial charge on any atom is -0.504 e. The summed E-state index contributed by atoms with van der Waals surface area (Å²) >= 11 is 0. The van der Waals surface area contributed by atoms with E-state index in [0.717, 1.165) is 37.8 Å². The summed E-state index contributed by atoms with van der Waals surface area (Å²) in [6.07, 6.45) is 3.90. The molecular weight excluding hydrogens is 294 g/mol. The zero-order valence-corrected chi connectivity index (χ0v) is 13.4. The van der Waals surface area contributed by atoms with E-state index in [-0.39, 0.29) is 11.2 Å². The third-order valence-corrected chi connectivity index (χ3v) is 6.70. The quantitative estimate of drug-likeness (QED) is 0.677. The predicted molar refractivity (Wildman–Crippen MR) is 83.5 cm³/mol. The van der Waals surface area contributed by atoms with E-state index >= 15 is 0 Å². The third-order valence-electron chi connectivity index (χ3n) is 6.70. The van der Waals surface area contributed by atoms with Crippen molar-refractivity contribution in [3.8, 4) is 11.5 Å². The molecule has 1 aromatic rings. The van der Waals surface area contributed by atoms with E-state index in [1.54, 1.807) is 0 Å². The van der Waals surface area contributed by atoms with Crippen LogP contribution in [0.2, 0.25) is 0 Å². The maximum atomic E-state index is 10.8. The molecule has 5 heteroatoms. The highest BCUT2D eigenvalue weighted by molar-refractivity contribution is 5.61. The number of likely N-dealkylation sites (N-methyl/N-ethyl adjacent to an activating group) is 1. The highest BCUT2D eigenvalue weighted by Gasteiger charge is 2.59. The Morgan fingerprint density at radius 3 is 2.91 bits per heavy atom. The van der Waals surface area contributed by atoms with Gasteiger partial charge < -0.3 is 20.1 Å². The van der Waals surface area contributed by atoms with Crippen LogP contribution in [-0.4, -0.2) is 45.7 Å². The first-order valence-electron chi connectivity index (χ1n) is 8.62. The SMILES string of the molecule is CN1CCc2cc(O)c3c4c2[C@H]1CC[C@@]41CC[C@H](O)[C@@](O)(C1)O3. The van der Waals surface area contributed by atoms with Gasteiger partial charge in [0.05, 0.1) is 0 Å². The molecule has 5 rings (SSSR count). The number of phenols is 1. The molecule has 0 radical (unpaired) electrons. The van der Waals surface area contributed by atoms with E-state index in [2.05, 4.69) is 11.9 Å². The van der Waals surface area contributed by atoms with Gasteiger partial charge in [0.25, 0.3) is 0 Å². The lowest BCUT2D eigenvalue weighted by Gasteiger charge is -2.56. The van der Waals surface area contributed by atoms with Gasteiger partial charge in [-0.2, -0.15) is 0 Å². The van der Waals surface area contributed by atoms with Crippen molar-refractivity contribution in [2.45, 2.75) is 61.9 Å². The van der Waals surface area contributed by atoms with Crippen molar-refractivity contribution in [2.75, 3.05) is 13.6 Å². The minimum absolute atomic E-state index is 0.112. The van der Waals surface area contributed by atoms with Crippen molar-refractivity contribution in [1.82, 2.24) is 4.90 Å². The number of fused-ring (bicyclic) bond motifs is 1. The molecule has 0 amide bonds. The van der Waals surface area contributed by atoms with Crippen molar-refractivity contribution >= 4 is 0 Å². The van der Waals surface area contributed by atoms with Crippen LogP contribution in [0.1, 0.15) is 54.8 Å². The molecule has 1 aromatic carbocycles. The Bertz CT molecular complexity index is 705. The van der Waals surface area contributed by atoms with Crippen molar-refractivity contribution in [3.63, 3.8) is 0 Å². The van der Waals surface area contributed by atoms with Crippen LogP contribution >= 0.6 is 0 Å². The first kappa shape index (κ1) is 14.1. The molecule has 2 heterocycles. The first-order valence-corrected chi connectivity index (χ1v) is 8.62. The number of hydrogen-bond donors (Lipinski definition) is 3. The average Bonchev–Trinajstić information content (AvgIpc) is 2.52. The summed E-state index contributed by atoms with van der Waals surface area (Å²) in [4.78, 5) is 2.39. The molecule has 0 saturated heterocycles. The topological polar surface area (TPSA) is 73.2 Å². The number of ether oxygens (including phenoxy) is 1. The highest BCUT2D eigenvalue weighted by atomic mass is 16.6. The molecule has 0 unspecified atom stereocenters. The Hall–Kier alpha value is -1.30. The van der Waals surface area contributed by atoms with Crippen LogP contribution in [0.4, 0.5) is 0 Å². The maximum absolute atomic E-state index is 10.8. The second-order valence-electron chi connectivity index (χ2n) is 7.92. The molecule has 0 aromatic heterocycles. The van der Waals surface area contributed by atoms with Gasteiger partial charge in [0.15, 0.2) is 11.5 Å². The maximum Gasteiger partial charge on any atom is 0.235 e. The second kappa shape index (κ2) is 4.21. The van der Waals surface area contributed by atoms with Crippen LogP contribution in [0, 0.1) is 0 Å². The molecule has 4 atom stereocenters. The average molecular weight is 317 g/mol. The fourth-order valence-corrected chi connectivity index (χ4v) is 5.55. The summed E-state index contributed by atoms with van der Waals surface area (Å²) in [5.41, 5.74) is 3.49. The second-order valence-corrected chi connectivity index (χ2v) is 7.92. The van der Waals surface area contributed by atoms with E-state index in [4.69, 9.17) is 4.74 Å². The van der Waals surface area contributed by atoms with Gasteiger partial charge in [-0.25, -0.2) is 0 Å². The number of rotatable bonds is 0. The summed E-state index contributed by atoms with van der Waals surface area (Å²) in [6.45, 7) is 1.01. The molecule has 2 bridgehead atoms. The summed E-state index contributed by atoms with van der Waals surface area (Å²) in [5.74, 6) is -1.04. The summed E-state index contributed by atoms with van der Waals surface area (Å²) in [5, 5.41) is 31.6. The van der Waals surface area contributed by atoms with Crippen LogP contribution in [0.25, 0.3) is 0 Å². The number of aromatic hydroxyl groups is 1. The molecule has 3 N–H and O–H groups in total. The van der Waals surface area contributed by atoms with Gasteiger partial charge in [0.1, 0.15) is 6.10 Å². The van der Waals surface area contributed by atoms with Crippen molar-refractivity contribution in [1.29, 1.82) is 0 Å². The standard InChI is InChI=1S/C18H23NO4/c1-19-7-4-10-8-12(20)16-15-14(10)11(19)2-5-17(15)6-3-13(21)18(22,9-17)23-16/h8,11,13,20-22H,2-7,9H2,1H3/t11-,13+,17+,18-/m1/s1. The van der Waals surface area contributed by atoms with Crippen LogP contribution in [0.3, 0.4) is 0 Å². The molecule has 1 spiro atoms. The smallest absolute Gasteiger partial charge is 0.235 e. The van der Waals surface area contributed by atoms with Gasteiger partial charge in [-0.15, -0.1) is 0 Å². The molecule has 5 nitrogen and oxygen atoms in total. The van der Waals surface area contributed by atoms with Crippen molar-refractivity contribution in [2.24, 2.45) is 0 Å². The van der Waals surface area contributed by atoms with Crippen molar-refractivity contribution < 1.29 is 20.1 Å². The van der Waals surface area contributed by atoms with E-state index in [1.165, 1.54) is 11.1 Å².